The van der Waals surface area contributed by atoms with Crippen LogP contribution in [-0.4, -0.2) is 108 Å². The highest BCUT2D eigenvalue weighted by molar-refractivity contribution is 6.35. The van der Waals surface area contributed by atoms with Gasteiger partial charge in [0.2, 0.25) is 10.8 Å². The Hall–Kier alpha value is -9.27. The third-order valence-electron chi connectivity index (χ3n) is 16.9. The first-order chi connectivity index (χ1) is 42.8. The summed E-state index contributed by atoms with van der Waals surface area (Å²) in [7, 11) is 0. The summed E-state index contributed by atoms with van der Waals surface area (Å²) in [4.78, 5) is 112. The van der Waals surface area contributed by atoms with E-state index >= 15 is 52.7 Å². The van der Waals surface area contributed by atoms with Gasteiger partial charge in [-0.15, -0.1) is 0 Å². The van der Waals surface area contributed by atoms with Crippen molar-refractivity contribution in [3.05, 3.63) is 192 Å². The molecule has 0 fully saturated rings. The topological polar surface area (TPSA) is 203 Å². The number of aliphatic hydroxyl groups excluding tert-OH is 1. The third-order valence-corrected chi connectivity index (χ3v) is 16.9. The van der Waals surface area contributed by atoms with Crippen LogP contribution in [-0.2, 0) is 21.7 Å². The largest absolute Gasteiger partial charge is 0.478 e. The summed E-state index contributed by atoms with van der Waals surface area (Å²) in [6.07, 6.45) is -25.9. The van der Waals surface area contributed by atoms with E-state index in [0.29, 0.717) is 81.2 Å². The van der Waals surface area contributed by atoms with Gasteiger partial charge in [0.15, 0.2) is 6.23 Å². The molecule has 2 N–H and O–H groups in total. The molecule has 5 heterocycles. The van der Waals surface area contributed by atoms with Gasteiger partial charge in [-0.3, -0.25) is 38.5 Å². The summed E-state index contributed by atoms with van der Waals surface area (Å²) in [6.45, 7) is 21.3. The van der Waals surface area contributed by atoms with Gasteiger partial charge in [0.25, 0.3) is 41.4 Å². The number of rotatable bonds is 7. The Morgan fingerprint density at radius 1 is 0.436 bits per heavy atom. The molecule has 0 bridgehead atoms. The molecule has 4 aliphatic rings. The van der Waals surface area contributed by atoms with Crippen LogP contribution in [0.2, 0.25) is 0 Å². The number of carboxylic acid groups (broad SMARTS) is 1. The quantitative estimate of drug-likeness (QED) is 0.114. The molecule has 10 rings (SSSR count). The molecule has 0 aliphatic carbocycles. The van der Waals surface area contributed by atoms with Crippen molar-refractivity contribution in [1.82, 2.24) is 14.8 Å². The van der Waals surface area contributed by atoms with Gasteiger partial charge in [0, 0.05) is 33.3 Å². The first-order valence-electron chi connectivity index (χ1n) is 28.7. The Morgan fingerprint density at radius 2 is 0.819 bits per heavy atom. The highest BCUT2D eigenvalue weighted by Crippen LogP contribution is 2.59. The number of aliphatic hydroxyl groups is 1. The maximum Gasteiger partial charge on any atom is 0.411 e. The average molecular weight is 1320 g/mol. The van der Waals surface area contributed by atoms with Crippen molar-refractivity contribution in [2.24, 2.45) is 0 Å². The number of halogens is 12. The van der Waals surface area contributed by atoms with Crippen molar-refractivity contribution in [3.63, 3.8) is 0 Å². The summed E-state index contributed by atoms with van der Waals surface area (Å²) >= 11 is 0. The van der Waals surface area contributed by atoms with Crippen LogP contribution in [0.15, 0.2) is 103 Å². The number of carboxylic acids is 1. The summed E-state index contributed by atoms with van der Waals surface area (Å²) < 4.78 is 181. The van der Waals surface area contributed by atoms with E-state index in [-0.39, 0.29) is 28.2 Å². The van der Waals surface area contributed by atoms with Gasteiger partial charge in [-0.25, -0.2) is 19.6 Å². The Kier molecular flexibility index (Phi) is 16.1. The number of aromatic nitrogens is 1. The number of anilines is 2. The molecule has 0 radical (unpaired) electrons. The fourth-order valence-electron chi connectivity index (χ4n) is 12.5. The maximum absolute atomic E-state index is 15.1. The van der Waals surface area contributed by atoms with Crippen LogP contribution >= 0.6 is 0 Å². The summed E-state index contributed by atoms with van der Waals surface area (Å²) in [5.41, 5.74) is -21.8. The number of fused-ring (bicyclic) bond motifs is 4. The van der Waals surface area contributed by atoms with E-state index in [4.69, 9.17) is 0 Å². The SMILES string of the molecule is CC(C)(C)c1cccc(N2C(=O)c3ccc(C(c4ccc5c(c4)C(=O)N(C(C)(C)C)C5=O)(C(F)(F)F)C(F)(F)F)cc3C2=O)n1.Cc1c(N2C(=O)c3ccc(C(c4ccc5c(c4)C(=O)N(C(C)(C)C)[C@@H]5O)(C(F)(F)F)C(F)(F)F)cc3C2=O)cc(C(=O)O)cc1C(C)(C)C. The number of aromatic carboxylic acids is 1. The Bertz CT molecular complexity index is 4260. The number of alkyl halides is 12. The van der Waals surface area contributed by atoms with Crippen LogP contribution in [0.1, 0.15) is 217 Å². The minimum Gasteiger partial charge on any atom is -0.478 e. The second-order valence-electron chi connectivity index (χ2n) is 27.2. The van der Waals surface area contributed by atoms with Crippen LogP contribution in [0.4, 0.5) is 64.2 Å². The normalized spacial score (nSPS) is 16.7. The molecule has 0 saturated carbocycles. The second kappa shape index (κ2) is 21.9. The van der Waals surface area contributed by atoms with Gasteiger partial charge in [0.05, 0.1) is 44.6 Å². The van der Waals surface area contributed by atoms with Crippen molar-refractivity contribution in [2.45, 2.75) is 154 Å². The number of imide groups is 3. The number of amides is 7. The molecule has 496 valence electrons. The van der Waals surface area contributed by atoms with Crippen molar-refractivity contribution in [2.75, 3.05) is 9.80 Å². The summed E-state index contributed by atoms with van der Waals surface area (Å²) in [6, 6.07) is 13.6. The first-order valence-corrected chi connectivity index (χ1v) is 28.7. The zero-order valence-corrected chi connectivity index (χ0v) is 52.3. The van der Waals surface area contributed by atoms with E-state index in [9.17, 15) is 48.6 Å². The van der Waals surface area contributed by atoms with Gasteiger partial charge < -0.3 is 15.1 Å². The highest BCUT2D eigenvalue weighted by atomic mass is 19.4. The number of hydrogen-bond acceptors (Lipinski definition) is 10. The predicted molar refractivity (Wildman–Crippen MR) is 315 cm³/mol. The van der Waals surface area contributed by atoms with E-state index in [1.807, 2.05) is 20.8 Å². The molecule has 15 nitrogen and oxygen atoms in total. The molecule has 1 aromatic heterocycles. The number of benzene rings is 5. The second-order valence-corrected chi connectivity index (χ2v) is 27.2. The highest BCUT2D eigenvalue weighted by Gasteiger charge is 2.74. The molecular formula is C67H59F12N5O10. The molecule has 0 unspecified atom stereocenters. The smallest absolute Gasteiger partial charge is 0.411 e. The molecule has 1 atom stereocenters. The van der Waals surface area contributed by atoms with E-state index in [2.05, 4.69) is 4.98 Å². The fraction of sp³-hybridized carbons (Fsp3) is 0.358. The minimum atomic E-state index is -6.10. The zero-order chi connectivity index (χ0) is 70.6. The van der Waals surface area contributed by atoms with Gasteiger partial charge in [0.1, 0.15) is 5.82 Å². The van der Waals surface area contributed by atoms with E-state index in [0.717, 1.165) is 34.1 Å². The standard InChI is InChI=1S/C35H32F6N2O6.C32H27F6N3O4/c1-16-24(31(2,3)4)12-17(30(48)49)13-25(16)42-26(44)20-10-8-18(14-22(20)27(42)45)33(34(36,37)38,35(39,40)41)19-9-11-21-23(15-19)29(47)43(28(21)46)32(5,6)7;1-28(2,3)22-8-7-9-23(39-22)40-24(42)18-12-10-16(14-20(18)25(40)43)30(31(33,34)35,32(36,37)38)17-11-13-19-21(15-17)27(45)41(26(19)44)29(4,5)6/h8-15,28,46H,1-7H3,(H,48,49);7-15H,1-6H3/t28-;/m1./s1. The fourth-order valence-corrected chi connectivity index (χ4v) is 12.5. The van der Waals surface area contributed by atoms with Crippen LogP contribution in [0.3, 0.4) is 0 Å². The number of nitrogens with zero attached hydrogens (tertiary/aromatic N) is 5. The molecule has 5 aromatic carbocycles. The van der Waals surface area contributed by atoms with Gasteiger partial charge in [-0.1, -0.05) is 77.9 Å². The molecule has 7 amide bonds. The number of carbonyl (C=O) groups is 8. The van der Waals surface area contributed by atoms with Crippen LogP contribution in [0.5, 0.6) is 0 Å². The first kappa shape index (κ1) is 69.1. The summed E-state index contributed by atoms with van der Waals surface area (Å²) in [5.74, 6) is -8.84. The van der Waals surface area contributed by atoms with E-state index < -0.39 is 167 Å². The van der Waals surface area contributed by atoms with Gasteiger partial charge in [-0.05, 0) is 154 Å². The van der Waals surface area contributed by atoms with E-state index in [1.54, 1.807) is 26.8 Å². The lowest BCUT2D eigenvalue weighted by Crippen LogP contribution is -2.55. The van der Waals surface area contributed by atoms with Crippen molar-refractivity contribution < 1.29 is 101 Å². The lowest BCUT2D eigenvalue weighted by atomic mass is 9.71. The number of carbonyl (C=O) groups excluding carboxylic acids is 7. The minimum absolute atomic E-state index is 0.140. The zero-order valence-electron chi connectivity index (χ0n) is 52.3. The molecule has 6 aromatic rings. The van der Waals surface area contributed by atoms with Gasteiger partial charge in [-0.2, -0.15) is 52.7 Å². The number of hydrogen-bond donors (Lipinski definition) is 2. The number of pyridine rings is 1. The Labute approximate surface area is 529 Å². The Balaban J connectivity index is 0.000000222. The third kappa shape index (κ3) is 10.6. The molecular weight excluding hydrogens is 1260 g/mol. The van der Waals surface area contributed by atoms with Crippen LogP contribution in [0, 0.1) is 6.92 Å². The molecule has 94 heavy (non-hydrogen) atoms. The van der Waals surface area contributed by atoms with Crippen LogP contribution < -0.4 is 9.80 Å². The monoisotopic (exact) mass is 1320 g/mol. The maximum atomic E-state index is 15.1. The molecule has 0 spiro atoms. The summed E-state index contributed by atoms with van der Waals surface area (Å²) in [5, 5.41) is 20.5. The van der Waals surface area contributed by atoms with Crippen LogP contribution in [0.25, 0.3) is 0 Å². The Morgan fingerprint density at radius 3 is 1.22 bits per heavy atom. The molecule has 27 heteroatoms. The van der Waals surface area contributed by atoms with Crippen molar-refractivity contribution in [3.8, 4) is 0 Å². The van der Waals surface area contributed by atoms with E-state index in [1.165, 1.54) is 66.7 Å². The molecule has 0 saturated heterocycles. The van der Waals surface area contributed by atoms with Crippen molar-refractivity contribution >= 4 is 58.8 Å². The van der Waals surface area contributed by atoms with Crippen molar-refractivity contribution in [1.29, 1.82) is 0 Å². The van der Waals surface area contributed by atoms with Gasteiger partial charge >= 0.3 is 30.7 Å². The average Bonchev–Trinajstić information content (AvgIpc) is 1.12. The molecule has 4 aliphatic heterocycles. The predicted octanol–water partition coefficient (Wildman–Crippen LogP) is 14.4. The lowest BCUT2D eigenvalue weighted by Gasteiger charge is -2.38. The lowest BCUT2D eigenvalue weighted by molar-refractivity contribution is -0.290.